The highest BCUT2D eigenvalue weighted by molar-refractivity contribution is 6.07. The smallest absolute Gasteiger partial charge is 0.300 e. The molecule has 0 bridgehead atoms. The Labute approximate surface area is 109 Å². The summed E-state index contributed by atoms with van der Waals surface area (Å²) in [6.07, 6.45) is -10.8. The Morgan fingerprint density at radius 1 is 0.900 bits per heavy atom. The molecule has 8 heteroatoms. The fourth-order valence-electron chi connectivity index (χ4n) is 1.44. The lowest BCUT2D eigenvalue weighted by Gasteiger charge is -2.13. The van der Waals surface area contributed by atoms with Crippen molar-refractivity contribution in [1.29, 1.82) is 0 Å². The second-order valence-corrected chi connectivity index (χ2v) is 4.10. The summed E-state index contributed by atoms with van der Waals surface area (Å²) >= 11 is 0. The Hall–Kier alpha value is -1.86. The van der Waals surface area contributed by atoms with E-state index in [1.165, 1.54) is 0 Å². The number of hydrogen-bond donors (Lipinski definition) is 0. The Morgan fingerprint density at radius 2 is 1.30 bits per heavy atom. The van der Waals surface area contributed by atoms with Crippen LogP contribution in [0.4, 0.5) is 26.3 Å². The van der Waals surface area contributed by atoms with Crippen molar-refractivity contribution >= 4 is 11.6 Å². The highest BCUT2D eigenvalue weighted by Crippen LogP contribution is 2.36. The topological polar surface area (TPSA) is 34.1 Å². The van der Waals surface area contributed by atoms with Gasteiger partial charge in [0.05, 0.1) is 17.5 Å². The van der Waals surface area contributed by atoms with Crippen molar-refractivity contribution in [3.05, 3.63) is 34.9 Å². The fourth-order valence-corrected chi connectivity index (χ4v) is 1.44. The van der Waals surface area contributed by atoms with E-state index in [1.54, 1.807) is 0 Å². The van der Waals surface area contributed by atoms with Crippen LogP contribution in [0, 0.1) is 0 Å². The number of carbonyl (C=O) groups is 2. The molecule has 0 aliphatic rings. The predicted molar refractivity (Wildman–Crippen MR) is 56.1 cm³/mol. The molecule has 0 atom stereocenters. The summed E-state index contributed by atoms with van der Waals surface area (Å²) in [5.74, 6) is -1.74. The number of benzene rings is 1. The largest absolute Gasteiger partial charge is 0.416 e. The van der Waals surface area contributed by atoms with Crippen LogP contribution in [-0.4, -0.2) is 11.6 Å². The lowest BCUT2D eigenvalue weighted by atomic mass is 10.00. The lowest BCUT2D eigenvalue weighted by Crippen LogP contribution is -2.14. The molecule has 1 aromatic carbocycles. The highest BCUT2D eigenvalue weighted by atomic mass is 19.4. The Balaban J connectivity index is 3.38. The third-order valence-corrected chi connectivity index (χ3v) is 2.32. The zero-order valence-electron chi connectivity index (χ0n) is 10.0. The van der Waals surface area contributed by atoms with Crippen LogP contribution in [0.5, 0.6) is 0 Å². The molecule has 20 heavy (non-hydrogen) atoms. The van der Waals surface area contributed by atoms with Gasteiger partial charge in [-0.15, -0.1) is 0 Å². The van der Waals surface area contributed by atoms with Gasteiger partial charge in [-0.2, -0.15) is 26.3 Å². The van der Waals surface area contributed by atoms with Crippen molar-refractivity contribution in [2.75, 3.05) is 0 Å². The zero-order valence-corrected chi connectivity index (χ0v) is 10.0. The number of Topliss-reactive ketones (excluding diaryl/α,β-unsaturated/α-hetero) is 2. The molecule has 0 N–H and O–H groups in total. The van der Waals surface area contributed by atoms with Gasteiger partial charge in [-0.1, -0.05) is 0 Å². The fraction of sp³-hybridized carbons (Fsp3) is 0.333. The second kappa shape index (κ2) is 5.26. The molecule has 0 heterocycles. The van der Waals surface area contributed by atoms with E-state index < -0.39 is 47.0 Å². The van der Waals surface area contributed by atoms with E-state index in [4.69, 9.17) is 0 Å². The van der Waals surface area contributed by atoms with Crippen molar-refractivity contribution < 1.29 is 35.9 Å². The van der Waals surface area contributed by atoms with Gasteiger partial charge in [-0.3, -0.25) is 9.59 Å². The monoisotopic (exact) mass is 298 g/mol. The van der Waals surface area contributed by atoms with Crippen LogP contribution in [0.1, 0.15) is 34.8 Å². The van der Waals surface area contributed by atoms with Gasteiger partial charge in [-0.05, 0) is 25.1 Å². The van der Waals surface area contributed by atoms with Crippen molar-refractivity contribution in [3.8, 4) is 0 Å². The summed E-state index contributed by atoms with van der Waals surface area (Å²) < 4.78 is 75.1. The molecule has 0 spiro atoms. The van der Waals surface area contributed by atoms with Crippen LogP contribution in [0.3, 0.4) is 0 Å². The minimum atomic E-state index is -5.02. The first kappa shape index (κ1) is 16.2. The average Bonchev–Trinajstić information content (AvgIpc) is 2.25. The quantitative estimate of drug-likeness (QED) is 0.482. The second-order valence-electron chi connectivity index (χ2n) is 4.10. The van der Waals surface area contributed by atoms with E-state index in [9.17, 15) is 35.9 Å². The van der Waals surface area contributed by atoms with Crippen LogP contribution < -0.4 is 0 Å². The molecular weight excluding hydrogens is 290 g/mol. The molecule has 0 unspecified atom stereocenters. The van der Waals surface area contributed by atoms with E-state index in [0.29, 0.717) is 12.1 Å². The van der Waals surface area contributed by atoms with Crippen molar-refractivity contribution in [2.24, 2.45) is 0 Å². The van der Waals surface area contributed by atoms with Gasteiger partial charge in [-0.25, -0.2) is 0 Å². The molecule has 1 rings (SSSR count). The van der Waals surface area contributed by atoms with Gasteiger partial charge in [0.25, 0.3) is 0 Å². The molecule has 0 amide bonds. The first-order chi connectivity index (χ1) is 8.91. The van der Waals surface area contributed by atoms with Crippen molar-refractivity contribution in [2.45, 2.75) is 25.7 Å². The van der Waals surface area contributed by atoms with E-state index in [1.807, 2.05) is 0 Å². The van der Waals surface area contributed by atoms with Gasteiger partial charge in [0, 0.05) is 5.56 Å². The summed E-state index contributed by atoms with van der Waals surface area (Å²) in [6.45, 7) is 1.01. The maximum Gasteiger partial charge on any atom is 0.416 e. The first-order valence-corrected chi connectivity index (χ1v) is 5.23. The Morgan fingerprint density at radius 3 is 1.60 bits per heavy atom. The van der Waals surface area contributed by atoms with Crippen LogP contribution in [0.25, 0.3) is 0 Å². The summed E-state index contributed by atoms with van der Waals surface area (Å²) in [4.78, 5) is 22.2. The van der Waals surface area contributed by atoms with Gasteiger partial charge in [0.2, 0.25) is 0 Å². The zero-order chi connectivity index (χ0) is 15.7. The van der Waals surface area contributed by atoms with Crippen LogP contribution in [0.15, 0.2) is 18.2 Å². The van der Waals surface area contributed by atoms with Crippen LogP contribution >= 0.6 is 0 Å². The molecule has 0 saturated carbocycles. The molecule has 0 fully saturated rings. The van der Waals surface area contributed by atoms with Crippen molar-refractivity contribution in [3.63, 3.8) is 0 Å². The summed E-state index contributed by atoms with van der Waals surface area (Å²) in [5, 5.41) is 0. The molecular formula is C12H8F6O2. The van der Waals surface area contributed by atoms with Gasteiger partial charge in [0.1, 0.15) is 5.78 Å². The third kappa shape index (κ3) is 4.07. The number of rotatable bonds is 3. The molecule has 110 valence electrons. The average molecular weight is 298 g/mol. The normalized spacial score (nSPS) is 12.3. The molecule has 0 saturated heterocycles. The summed E-state index contributed by atoms with van der Waals surface area (Å²) in [7, 11) is 0. The third-order valence-electron chi connectivity index (χ3n) is 2.32. The number of halogens is 6. The van der Waals surface area contributed by atoms with E-state index in [0.717, 1.165) is 6.92 Å². The maximum atomic E-state index is 12.5. The van der Waals surface area contributed by atoms with Crippen LogP contribution in [-0.2, 0) is 17.1 Å². The highest BCUT2D eigenvalue weighted by Gasteiger charge is 2.37. The summed E-state index contributed by atoms with van der Waals surface area (Å²) in [5.41, 5.74) is -3.96. The molecule has 1 aromatic rings. The Bertz CT molecular complexity index is 510. The molecule has 0 aromatic heterocycles. The Kier molecular flexibility index (Phi) is 4.26. The molecule has 0 radical (unpaired) electrons. The molecule has 2 nitrogen and oxygen atoms in total. The lowest BCUT2D eigenvalue weighted by molar-refractivity contribution is -0.143. The van der Waals surface area contributed by atoms with Crippen molar-refractivity contribution in [1.82, 2.24) is 0 Å². The predicted octanol–water partition coefficient (Wildman–Crippen LogP) is 3.89. The van der Waals surface area contributed by atoms with Gasteiger partial charge >= 0.3 is 12.4 Å². The van der Waals surface area contributed by atoms with E-state index in [2.05, 4.69) is 0 Å². The van der Waals surface area contributed by atoms with Gasteiger partial charge < -0.3 is 0 Å². The van der Waals surface area contributed by atoms with Crippen LogP contribution in [0.2, 0.25) is 0 Å². The number of carbonyl (C=O) groups excluding carboxylic acids is 2. The molecule has 0 aliphatic carbocycles. The number of alkyl halides is 6. The first-order valence-electron chi connectivity index (χ1n) is 5.23. The standard InChI is InChI=1S/C12H8F6O2/c1-6(19)2-10(20)7-3-8(11(13,14)15)5-9(4-7)12(16,17)18/h3-5H,2H2,1H3. The minimum Gasteiger partial charge on any atom is -0.300 e. The maximum absolute atomic E-state index is 12.5. The number of hydrogen-bond acceptors (Lipinski definition) is 2. The van der Waals surface area contributed by atoms with E-state index in [-0.39, 0.29) is 6.07 Å². The number of ketones is 2. The minimum absolute atomic E-state index is 0.0788. The summed E-state index contributed by atoms with van der Waals surface area (Å²) in [6, 6.07) is 0.533. The van der Waals surface area contributed by atoms with E-state index >= 15 is 0 Å². The molecule has 0 aliphatic heterocycles. The SMILES string of the molecule is CC(=O)CC(=O)c1cc(C(F)(F)F)cc(C(F)(F)F)c1. The van der Waals surface area contributed by atoms with Gasteiger partial charge in [0.15, 0.2) is 5.78 Å².